The van der Waals surface area contributed by atoms with Gasteiger partial charge in [0.25, 0.3) is 0 Å². The minimum Gasteiger partial charge on any atom is -0.497 e. The van der Waals surface area contributed by atoms with Crippen LogP contribution in [0.4, 0.5) is 5.69 Å². The van der Waals surface area contributed by atoms with Gasteiger partial charge in [-0.2, -0.15) is 0 Å². The second-order valence-corrected chi connectivity index (χ2v) is 7.03. The van der Waals surface area contributed by atoms with Gasteiger partial charge in [0.05, 0.1) is 33.1 Å². The standard InChI is InChI=1S/C21H28N2O3S/c1-14(2)12-19(15-6-8-16(24-3)9-7-15)23-21(27)22-18-11-10-17(25-4)13-20(18)26-5/h6-11,13-14,19H,12H2,1-5H3,(H2,22,23,27)/t19-/m0/s1. The molecule has 2 rings (SSSR count). The molecule has 0 radical (unpaired) electrons. The normalized spacial score (nSPS) is 11.6. The van der Waals surface area contributed by atoms with Crippen LogP contribution < -0.4 is 24.8 Å². The van der Waals surface area contributed by atoms with Gasteiger partial charge in [0, 0.05) is 6.07 Å². The molecule has 0 saturated heterocycles. The van der Waals surface area contributed by atoms with Crippen molar-refractivity contribution in [3.8, 4) is 17.2 Å². The number of nitrogens with one attached hydrogen (secondary N) is 2. The molecule has 0 aromatic heterocycles. The van der Waals surface area contributed by atoms with Crippen molar-refractivity contribution in [1.29, 1.82) is 0 Å². The number of hydrogen-bond acceptors (Lipinski definition) is 4. The molecule has 146 valence electrons. The van der Waals surface area contributed by atoms with E-state index in [-0.39, 0.29) is 6.04 Å². The van der Waals surface area contributed by atoms with E-state index in [1.54, 1.807) is 21.3 Å². The van der Waals surface area contributed by atoms with Gasteiger partial charge in [-0.15, -0.1) is 0 Å². The lowest BCUT2D eigenvalue weighted by Gasteiger charge is -2.24. The molecule has 6 heteroatoms. The van der Waals surface area contributed by atoms with E-state index in [0.29, 0.717) is 16.8 Å². The minimum atomic E-state index is 0.0974. The van der Waals surface area contributed by atoms with Crippen LogP contribution in [0, 0.1) is 5.92 Å². The summed E-state index contributed by atoms with van der Waals surface area (Å²) in [7, 11) is 4.91. The van der Waals surface area contributed by atoms with Crippen LogP contribution in [-0.2, 0) is 0 Å². The summed E-state index contributed by atoms with van der Waals surface area (Å²) in [5, 5.41) is 7.19. The van der Waals surface area contributed by atoms with Gasteiger partial charge in [-0.25, -0.2) is 0 Å². The molecule has 0 spiro atoms. The third-order valence-corrected chi connectivity index (χ3v) is 4.41. The number of anilines is 1. The van der Waals surface area contributed by atoms with Crippen LogP contribution in [0.1, 0.15) is 31.9 Å². The Bertz CT molecular complexity index is 748. The summed E-state index contributed by atoms with van der Waals surface area (Å²) in [5.74, 6) is 2.75. The van der Waals surface area contributed by atoms with Gasteiger partial charge in [-0.05, 0) is 54.4 Å². The highest BCUT2D eigenvalue weighted by atomic mass is 32.1. The third kappa shape index (κ3) is 6.03. The Morgan fingerprint density at radius 2 is 1.56 bits per heavy atom. The Balaban J connectivity index is 2.13. The summed E-state index contributed by atoms with van der Waals surface area (Å²) in [6, 6.07) is 13.7. The molecule has 0 saturated carbocycles. The molecule has 0 aliphatic carbocycles. The second-order valence-electron chi connectivity index (χ2n) is 6.62. The fraction of sp³-hybridized carbons (Fsp3) is 0.381. The van der Waals surface area contributed by atoms with Gasteiger partial charge in [0.1, 0.15) is 17.2 Å². The minimum absolute atomic E-state index is 0.0974. The third-order valence-electron chi connectivity index (χ3n) is 4.19. The smallest absolute Gasteiger partial charge is 0.171 e. The topological polar surface area (TPSA) is 51.8 Å². The summed E-state index contributed by atoms with van der Waals surface area (Å²) in [4.78, 5) is 0. The first-order valence-corrected chi connectivity index (χ1v) is 9.31. The molecule has 0 heterocycles. The lowest BCUT2D eigenvalue weighted by molar-refractivity contribution is 0.395. The molecule has 2 N–H and O–H groups in total. The largest absolute Gasteiger partial charge is 0.497 e. The van der Waals surface area contributed by atoms with Crippen LogP contribution in [0.25, 0.3) is 0 Å². The van der Waals surface area contributed by atoms with Crippen molar-refractivity contribution < 1.29 is 14.2 Å². The van der Waals surface area contributed by atoms with E-state index in [1.807, 2.05) is 30.3 Å². The number of ether oxygens (including phenoxy) is 3. The number of benzene rings is 2. The Labute approximate surface area is 167 Å². The van der Waals surface area contributed by atoms with Gasteiger partial charge in [0.15, 0.2) is 5.11 Å². The molecular weight excluding hydrogens is 360 g/mol. The highest BCUT2D eigenvalue weighted by Gasteiger charge is 2.16. The van der Waals surface area contributed by atoms with Gasteiger partial charge in [-0.3, -0.25) is 0 Å². The Kier molecular flexibility index (Phi) is 7.73. The van der Waals surface area contributed by atoms with E-state index in [9.17, 15) is 0 Å². The molecule has 5 nitrogen and oxygen atoms in total. The Morgan fingerprint density at radius 1 is 0.926 bits per heavy atom. The van der Waals surface area contributed by atoms with Crippen molar-refractivity contribution in [1.82, 2.24) is 5.32 Å². The summed E-state index contributed by atoms with van der Waals surface area (Å²) in [6.45, 7) is 4.39. The lowest BCUT2D eigenvalue weighted by Crippen LogP contribution is -2.33. The van der Waals surface area contributed by atoms with Crippen molar-refractivity contribution in [2.45, 2.75) is 26.3 Å². The quantitative estimate of drug-likeness (QED) is 0.635. The van der Waals surface area contributed by atoms with E-state index in [4.69, 9.17) is 26.4 Å². The average Bonchev–Trinajstić information content (AvgIpc) is 2.67. The molecule has 27 heavy (non-hydrogen) atoms. The first kappa shape index (κ1) is 20.8. The van der Waals surface area contributed by atoms with Crippen LogP contribution in [0.2, 0.25) is 0 Å². The second kappa shape index (κ2) is 10.0. The van der Waals surface area contributed by atoms with E-state index in [1.165, 1.54) is 0 Å². The number of rotatable bonds is 8. The summed E-state index contributed by atoms with van der Waals surface area (Å²) in [5.41, 5.74) is 1.95. The maximum atomic E-state index is 5.55. The summed E-state index contributed by atoms with van der Waals surface area (Å²) < 4.78 is 15.9. The van der Waals surface area contributed by atoms with Crippen LogP contribution in [0.3, 0.4) is 0 Å². The SMILES string of the molecule is COc1ccc([C@H](CC(C)C)NC(=S)Nc2ccc(OC)cc2OC)cc1. The first-order valence-electron chi connectivity index (χ1n) is 8.90. The highest BCUT2D eigenvalue weighted by Crippen LogP contribution is 2.29. The van der Waals surface area contributed by atoms with Crippen LogP contribution >= 0.6 is 12.2 Å². The maximum absolute atomic E-state index is 5.55. The summed E-state index contributed by atoms with van der Waals surface area (Å²) in [6.07, 6.45) is 0.952. The molecule has 0 aliphatic heterocycles. The molecule has 0 aliphatic rings. The van der Waals surface area contributed by atoms with Crippen molar-refractivity contribution in [3.63, 3.8) is 0 Å². The zero-order valence-electron chi connectivity index (χ0n) is 16.5. The Morgan fingerprint density at radius 3 is 2.11 bits per heavy atom. The van der Waals surface area contributed by atoms with Crippen LogP contribution in [-0.4, -0.2) is 26.4 Å². The molecule has 0 unspecified atom stereocenters. The fourth-order valence-corrected chi connectivity index (χ4v) is 3.06. The van der Waals surface area contributed by atoms with Gasteiger partial charge in [0.2, 0.25) is 0 Å². The number of thiocarbonyl (C=S) groups is 1. The highest BCUT2D eigenvalue weighted by molar-refractivity contribution is 7.80. The van der Waals surface area contributed by atoms with Crippen molar-refractivity contribution in [2.24, 2.45) is 5.92 Å². The Hall–Kier alpha value is -2.47. The van der Waals surface area contributed by atoms with Crippen molar-refractivity contribution in [3.05, 3.63) is 48.0 Å². The molecule has 2 aromatic rings. The van der Waals surface area contributed by atoms with E-state index in [0.717, 1.165) is 29.2 Å². The fourth-order valence-electron chi connectivity index (χ4n) is 2.80. The van der Waals surface area contributed by atoms with Gasteiger partial charge >= 0.3 is 0 Å². The first-order chi connectivity index (χ1) is 13.0. The van der Waals surface area contributed by atoms with E-state index >= 15 is 0 Å². The van der Waals surface area contributed by atoms with Crippen molar-refractivity contribution in [2.75, 3.05) is 26.6 Å². The van der Waals surface area contributed by atoms with Gasteiger partial charge < -0.3 is 24.8 Å². The summed E-state index contributed by atoms with van der Waals surface area (Å²) >= 11 is 5.55. The zero-order valence-corrected chi connectivity index (χ0v) is 17.4. The number of hydrogen-bond donors (Lipinski definition) is 2. The molecule has 1 atom stereocenters. The monoisotopic (exact) mass is 388 g/mol. The molecule has 2 aromatic carbocycles. The van der Waals surface area contributed by atoms with E-state index < -0.39 is 0 Å². The lowest BCUT2D eigenvalue weighted by atomic mass is 9.97. The predicted molar refractivity (Wildman–Crippen MR) is 114 cm³/mol. The number of methoxy groups -OCH3 is 3. The van der Waals surface area contributed by atoms with E-state index in [2.05, 4.69) is 36.6 Å². The molecular formula is C21H28N2O3S. The zero-order chi connectivity index (χ0) is 19.8. The maximum Gasteiger partial charge on any atom is 0.171 e. The predicted octanol–water partition coefficient (Wildman–Crippen LogP) is 4.79. The molecule has 0 fully saturated rings. The van der Waals surface area contributed by atoms with Crippen molar-refractivity contribution >= 4 is 23.0 Å². The molecule has 0 bridgehead atoms. The van der Waals surface area contributed by atoms with Gasteiger partial charge in [-0.1, -0.05) is 26.0 Å². The van der Waals surface area contributed by atoms with Crippen LogP contribution in [0.5, 0.6) is 17.2 Å². The average molecular weight is 389 g/mol. The molecule has 0 amide bonds. The van der Waals surface area contributed by atoms with Crippen LogP contribution in [0.15, 0.2) is 42.5 Å².